The van der Waals surface area contributed by atoms with Gasteiger partial charge in [0, 0.05) is 37.4 Å². The Labute approximate surface area is 222 Å². The number of pyridine rings is 1. The van der Waals surface area contributed by atoms with Crippen molar-refractivity contribution < 1.29 is 22.6 Å². The molecule has 1 aromatic carbocycles. The zero-order valence-electron chi connectivity index (χ0n) is 22.2. The van der Waals surface area contributed by atoms with Crippen molar-refractivity contribution in [3.05, 3.63) is 52.3 Å². The predicted molar refractivity (Wildman–Crippen MR) is 143 cm³/mol. The van der Waals surface area contributed by atoms with Crippen molar-refractivity contribution in [2.75, 3.05) is 40.5 Å². The zero-order valence-corrected chi connectivity index (χ0v) is 22.2. The highest BCUT2D eigenvalue weighted by Gasteiger charge is 2.30. The highest BCUT2D eigenvalue weighted by Crippen LogP contribution is 2.37. The first kappa shape index (κ1) is 28.0. The molecule has 0 unspecified atom stereocenters. The van der Waals surface area contributed by atoms with E-state index in [1.54, 1.807) is 21.1 Å². The van der Waals surface area contributed by atoms with Crippen molar-refractivity contribution >= 4 is 18.4 Å². The van der Waals surface area contributed by atoms with Gasteiger partial charge in [-0.1, -0.05) is 18.2 Å². The summed E-state index contributed by atoms with van der Waals surface area (Å²) in [5, 5.41) is 3.18. The molecular formula is C28H36F3N5O2. The van der Waals surface area contributed by atoms with E-state index in [1.165, 1.54) is 12.1 Å². The lowest BCUT2D eigenvalue weighted by Crippen LogP contribution is -2.43. The summed E-state index contributed by atoms with van der Waals surface area (Å²) in [7, 11) is 3.19. The van der Waals surface area contributed by atoms with Crippen LogP contribution in [-0.4, -0.2) is 68.9 Å². The fraction of sp³-hybridized carbons (Fsp3) is 0.536. The molecule has 0 aliphatic carbocycles. The molecule has 1 N–H and O–H groups in total. The van der Waals surface area contributed by atoms with Gasteiger partial charge in [0.1, 0.15) is 11.7 Å². The summed E-state index contributed by atoms with van der Waals surface area (Å²) in [5.74, 6) is 0.552. The minimum atomic E-state index is -2.90. The Morgan fingerprint density at radius 1 is 1.18 bits per heavy atom. The minimum absolute atomic E-state index is 0.124. The largest absolute Gasteiger partial charge is 0.481 e. The lowest BCUT2D eigenvalue weighted by Gasteiger charge is -2.39. The third-order valence-corrected chi connectivity index (χ3v) is 7.61. The van der Waals surface area contributed by atoms with Crippen molar-refractivity contribution in [2.45, 2.75) is 57.0 Å². The van der Waals surface area contributed by atoms with E-state index in [2.05, 4.69) is 31.9 Å². The van der Waals surface area contributed by atoms with Crippen LogP contribution in [0.3, 0.4) is 0 Å². The van der Waals surface area contributed by atoms with Crippen molar-refractivity contribution in [2.24, 2.45) is 9.98 Å². The number of aliphatic imine (C=N–C) groups is 2. The molecule has 2 aromatic rings. The number of likely N-dealkylation sites (tertiary alicyclic amines) is 1. The van der Waals surface area contributed by atoms with Crippen LogP contribution in [0.15, 0.2) is 34.3 Å². The fourth-order valence-electron chi connectivity index (χ4n) is 5.50. The number of ether oxygens (including phenoxy) is 2. The van der Waals surface area contributed by atoms with Gasteiger partial charge < -0.3 is 19.7 Å². The molecule has 38 heavy (non-hydrogen) atoms. The van der Waals surface area contributed by atoms with Crippen molar-refractivity contribution in [3.8, 4) is 5.88 Å². The van der Waals surface area contributed by atoms with Crippen LogP contribution >= 0.6 is 0 Å². The topological polar surface area (TPSA) is 71.3 Å². The summed E-state index contributed by atoms with van der Waals surface area (Å²) in [5.41, 5.74) is 1.06. The molecular weight excluding hydrogens is 495 g/mol. The van der Waals surface area contributed by atoms with Gasteiger partial charge in [-0.3, -0.25) is 4.99 Å². The Bertz CT molecular complexity index is 1150. The summed E-state index contributed by atoms with van der Waals surface area (Å²) >= 11 is 0. The molecule has 0 saturated carbocycles. The number of piperidine rings is 1. The maximum absolute atomic E-state index is 14.8. The number of aromatic nitrogens is 1. The van der Waals surface area contributed by atoms with E-state index >= 15 is 0 Å². The van der Waals surface area contributed by atoms with Gasteiger partial charge in [0.25, 0.3) is 6.43 Å². The Morgan fingerprint density at radius 2 is 1.87 bits per heavy atom. The first-order chi connectivity index (χ1) is 18.4. The van der Waals surface area contributed by atoms with Crippen LogP contribution in [0.5, 0.6) is 5.88 Å². The van der Waals surface area contributed by atoms with Gasteiger partial charge in [0.2, 0.25) is 5.88 Å². The maximum Gasteiger partial charge on any atom is 0.266 e. The first-order valence-corrected chi connectivity index (χ1v) is 13.1. The third-order valence-electron chi connectivity index (χ3n) is 7.61. The fourth-order valence-corrected chi connectivity index (χ4v) is 5.50. The highest BCUT2D eigenvalue weighted by molar-refractivity contribution is 6.03. The van der Waals surface area contributed by atoms with Gasteiger partial charge in [-0.25, -0.2) is 18.2 Å². The normalized spacial score (nSPS) is 19.0. The second kappa shape index (κ2) is 12.7. The molecule has 7 nitrogen and oxygen atoms in total. The molecule has 0 amide bonds. The quantitative estimate of drug-likeness (QED) is 0.356. The van der Waals surface area contributed by atoms with Gasteiger partial charge in [-0.2, -0.15) is 4.98 Å². The Balaban J connectivity index is 1.58. The SMILES string of the molecule is C=Nc1nc(OC)c(C2CCN(C3CCOCC3)CC2)cc1/C(=N\C)N[C@H](C)c1cccc(C(F)F)c1F. The van der Waals surface area contributed by atoms with Gasteiger partial charge in [0.15, 0.2) is 5.82 Å². The van der Waals surface area contributed by atoms with Crippen LogP contribution < -0.4 is 10.1 Å². The average molecular weight is 532 g/mol. The number of nitrogens with zero attached hydrogens (tertiary/aromatic N) is 4. The number of hydrogen-bond donors (Lipinski definition) is 1. The molecule has 0 bridgehead atoms. The Morgan fingerprint density at radius 3 is 2.47 bits per heavy atom. The number of rotatable bonds is 8. The van der Waals surface area contributed by atoms with E-state index in [-0.39, 0.29) is 11.5 Å². The molecule has 2 fully saturated rings. The minimum Gasteiger partial charge on any atom is -0.481 e. The number of amidine groups is 1. The maximum atomic E-state index is 14.8. The van der Waals surface area contributed by atoms with E-state index in [0.717, 1.165) is 63.6 Å². The lowest BCUT2D eigenvalue weighted by atomic mass is 9.87. The van der Waals surface area contributed by atoms with Crippen LogP contribution in [0.25, 0.3) is 0 Å². The number of hydrogen-bond acceptors (Lipinski definition) is 6. The number of methoxy groups -OCH3 is 1. The summed E-state index contributed by atoms with van der Waals surface area (Å²) in [6.45, 7) is 8.97. The second-order valence-corrected chi connectivity index (χ2v) is 9.76. The molecule has 2 aliphatic rings. The zero-order chi connectivity index (χ0) is 27.2. The van der Waals surface area contributed by atoms with Crippen molar-refractivity contribution in [1.29, 1.82) is 0 Å². The third kappa shape index (κ3) is 6.02. The van der Waals surface area contributed by atoms with Gasteiger partial charge in [0.05, 0.1) is 24.3 Å². The van der Waals surface area contributed by atoms with E-state index in [4.69, 9.17) is 9.47 Å². The van der Waals surface area contributed by atoms with Crippen molar-refractivity contribution in [3.63, 3.8) is 0 Å². The molecule has 10 heteroatoms. The van der Waals surface area contributed by atoms with E-state index < -0.39 is 23.8 Å². The highest BCUT2D eigenvalue weighted by atomic mass is 19.3. The standard InChI is InChI=1S/C28H36F3N5O2/c1-17(20-6-5-7-21(24(20)29)25(30)31)34-26(32-2)23-16-22(28(37-4)35-27(23)33-3)18-8-12-36(13-9-18)19-10-14-38-15-11-19/h5-7,16-19,25H,3,8-15H2,1-2,4H3,(H,32,34)/t17-/m1/s1. The Kier molecular flexibility index (Phi) is 9.38. The molecule has 206 valence electrons. The summed E-state index contributed by atoms with van der Waals surface area (Å²) in [4.78, 5) is 15.6. The molecule has 1 atom stereocenters. The van der Waals surface area contributed by atoms with E-state index in [9.17, 15) is 13.2 Å². The van der Waals surface area contributed by atoms with Crippen LogP contribution in [0.2, 0.25) is 0 Å². The van der Waals surface area contributed by atoms with E-state index in [1.807, 2.05) is 6.07 Å². The average Bonchev–Trinajstić information content (AvgIpc) is 2.95. The molecule has 3 heterocycles. The Hall–Kier alpha value is -2.98. The number of halogens is 3. The van der Waals surface area contributed by atoms with Crippen LogP contribution in [0.1, 0.15) is 73.2 Å². The number of nitrogens with one attached hydrogen (secondary N) is 1. The van der Waals surface area contributed by atoms with Gasteiger partial charge in [-0.15, -0.1) is 0 Å². The van der Waals surface area contributed by atoms with Crippen LogP contribution in [0.4, 0.5) is 19.0 Å². The summed E-state index contributed by atoms with van der Waals surface area (Å²) < 4.78 is 52.5. The summed E-state index contributed by atoms with van der Waals surface area (Å²) in [6, 6.07) is 5.91. The molecule has 2 aliphatic heterocycles. The summed E-state index contributed by atoms with van der Waals surface area (Å²) in [6.07, 6.45) is 1.16. The van der Waals surface area contributed by atoms with E-state index in [0.29, 0.717) is 29.1 Å². The molecule has 2 saturated heterocycles. The van der Waals surface area contributed by atoms with Crippen LogP contribution in [-0.2, 0) is 4.74 Å². The van der Waals surface area contributed by atoms with Crippen molar-refractivity contribution in [1.82, 2.24) is 15.2 Å². The smallest absolute Gasteiger partial charge is 0.266 e. The molecule has 0 radical (unpaired) electrons. The van der Waals surface area contributed by atoms with Crippen LogP contribution in [0, 0.1) is 5.82 Å². The lowest BCUT2D eigenvalue weighted by molar-refractivity contribution is 0.0251. The van der Waals surface area contributed by atoms with Gasteiger partial charge >= 0.3 is 0 Å². The second-order valence-electron chi connectivity index (χ2n) is 9.76. The monoisotopic (exact) mass is 531 g/mol. The number of benzene rings is 1. The van der Waals surface area contributed by atoms with Gasteiger partial charge in [-0.05, 0) is 64.4 Å². The predicted octanol–water partition coefficient (Wildman–Crippen LogP) is 5.58. The number of alkyl halides is 2. The molecule has 1 aromatic heterocycles. The molecule has 0 spiro atoms. The first-order valence-electron chi connectivity index (χ1n) is 13.1. The molecule has 4 rings (SSSR count).